The second kappa shape index (κ2) is 74.2. The van der Waals surface area contributed by atoms with Gasteiger partial charge in [0.2, 0.25) is 0 Å². The topological polar surface area (TPSA) is 237 Å². The molecule has 0 fully saturated rings. The Kier molecular flexibility index (Phi) is 72.8. The van der Waals surface area contributed by atoms with Crippen molar-refractivity contribution < 1.29 is 80.2 Å². The molecule has 0 rings (SSSR count). The highest BCUT2D eigenvalue weighted by molar-refractivity contribution is 7.47. The SMILES string of the molecule is CCCCCCCCCCCCC(=O)OC[C@H](COP(=O)(O)OC[C@H](O)COP(=O)(O)OC[C@@H](COC(=O)CCCCCCCCCCCCCCCC(C)C)OC(=O)CCCCCCCCCCCCCCCCCCCCC(C)C)OC(=O)CCCCCCCCCCCCCCCC(C)C. The number of phosphoric ester groups is 2. The van der Waals surface area contributed by atoms with E-state index in [1.54, 1.807) is 0 Å². The number of carbonyl (C=O) groups excluding carboxylic acids is 4. The standard InChI is InChI=1S/C84H164O17P2/c1-8-9-10-11-12-13-37-44-51-58-65-81(86)94-71-79(100-84(89)68-61-54-47-40-33-27-21-24-30-36-43-50-57-64-77(6)7)73-98-102(90,91)96-69-78(85)70-97-103(92,93)99-74-80(72-95-82(87)66-59-52-45-38-31-26-20-23-29-35-42-49-56-63-76(4)5)101-83(88)67-60-53-46-39-32-25-19-17-15-14-16-18-22-28-34-41-48-55-62-75(2)3/h75-80,85H,8-74H2,1-7H3,(H,90,91)(H,92,93)/t78-,79+,80+/m0/s1. The van der Waals surface area contributed by atoms with Gasteiger partial charge in [0, 0.05) is 25.7 Å². The second-order valence-electron chi connectivity index (χ2n) is 31.6. The predicted molar refractivity (Wildman–Crippen MR) is 423 cm³/mol. The third-order valence-corrected chi connectivity index (χ3v) is 21.5. The predicted octanol–water partition coefficient (Wildman–Crippen LogP) is 25.3. The smallest absolute Gasteiger partial charge is 0.462 e. The molecule has 0 aromatic carbocycles. The molecule has 0 spiro atoms. The summed E-state index contributed by atoms with van der Waals surface area (Å²) in [5, 5.41) is 10.7. The number of rotatable bonds is 82. The average Bonchev–Trinajstić information content (AvgIpc) is 0.907. The number of esters is 4. The molecular formula is C84H164O17P2. The molecule has 0 bridgehead atoms. The van der Waals surface area contributed by atoms with Gasteiger partial charge in [0.05, 0.1) is 26.4 Å². The van der Waals surface area contributed by atoms with Crippen molar-refractivity contribution in [3.8, 4) is 0 Å². The lowest BCUT2D eigenvalue weighted by Crippen LogP contribution is -2.30. The lowest BCUT2D eigenvalue weighted by atomic mass is 10.0. The Morgan fingerprint density at radius 1 is 0.262 bits per heavy atom. The van der Waals surface area contributed by atoms with Gasteiger partial charge in [-0.3, -0.25) is 37.3 Å². The first-order chi connectivity index (χ1) is 49.7. The van der Waals surface area contributed by atoms with Gasteiger partial charge in [-0.05, 0) is 43.4 Å². The highest BCUT2D eigenvalue weighted by Gasteiger charge is 2.30. The number of unbranched alkanes of at least 4 members (excludes halogenated alkanes) is 50. The summed E-state index contributed by atoms with van der Waals surface area (Å²) in [4.78, 5) is 73.1. The van der Waals surface area contributed by atoms with Crippen LogP contribution in [0.4, 0.5) is 0 Å². The number of hydrogen-bond donors (Lipinski definition) is 3. The van der Waals surface area contributed by atoms with Crippen molar-refractivity contribution in [1.82, 2.24) is 0 Å². The molecule has 5 atom stereocenters. The molecule has 0 aliphatic carbocycles. The van der Waals surface area contributed by atoms with E-state index in [-0.39, 0.29) is 25.7 Å². The van der Waals surface area contributed by atoms with Crippen LogP contribution in [0.3, 0.4) is 0 Å². The molecule has 0 aliphatic rings. The molecule has 3 N–H and O–H groups in total. The number of aliphatic hydroxyl groups is 1. The first kappa shape index (κ1) is 101. The maximum Gasteiger partial charge on any atom is 0.472 e. The van der Waals surface area contributed by atoms with E-state index in [2.05, 4.69) is 48.5 Å². The summed E-state index contributed by atoms with van der Waals surface area (Å²) in [5.41, 5.74) is 0. The van der Waals surface area contributed by atoms with Crippen LogP contribution in [0.5, 0.6) is 0 Å². The van der Waals surface area contributed by atoms with Gasteiger partial charge in [-0.1, -0.05) is 389 Å². The van der Waals surface area contributed by atoms with Crippen LogP contribution in [0.2, 0.25) is 0 Å². The second-order valence-corrected chi connectivity index (χ2v) is 34.6. The zero-order valence-corrected chi connectivity index (χ0v) is 69.6. The molecule has 0 aliphatic heterocycles. The van der Waals surface area contributed by atoms with E-state index >= 15 is 0 Å². The summed E-state index contributed by atoms with van der Waals surface area (Å²) in [7, 11) is -9.92. The van der Waals surface area contributed by atoms with E-state index in [9.17, 15) is 43.2 Å². The first-order valence-electron chi connectivity index (χ1n) is 43.3. The monoisotopic (exact) mass is 1510 g/mol. The fraction of sp³-hybridized carbons (Fsp3) is 0.952. The van der Waals surface area contributed by atoms with Crippen LogP contribution in [0, 0.1) is 17.8 Å². The van der Waals surface area contributed by atoms with Crippen LogP contribution in [0.1, 0.15) is 440 Å². The molecule has 0 heterocycles. The van der Waals surface area contributed by atoms with Gasteiger partial charge < -0.3 is 33.8 Å². The minimum absolute atomic E-state index is 0.107. The maximum absolute atomic E-state index is 13.1. The Labute approximate surface area is 632 Å². The molecule has 17 nitrogen and oxygen atoms in total. The molecule has 0 saturated carbocycles. The Morgan fingerprint density at radius 2 is 0.447 bits per heavy atom. The van der Waals surface area contributed by atoms with E-state index < -0.39 is 97.5 Å². The fourth-order valence-electron chi connectivity index (χ4n) is 13.0. The molecule has 0 aromatic rings. The zero-order chi connectivity index (χ0) is 75.8. The molecule has 0 radical (unpaired) electrons. The van der Waals surface area contributed by atoms with Crippen LogP contribution < -0.4 is 0 Å². The molecular weight excluding hydrogens is 1340 g/mol. The lowest BCUT2D eigenvalue weighted by molar-refractivity contribution is -0.161. The normalized spacial score (nSPS) is 13.9. The first-order valence-corrected chi connectivity index (χ1v) is 46.3. The van der Waals surface area contributed by atoms with E-state index in [1.165, 1.54) is 250 Å². The summed E-state index contributed by atoms with van der Waals surface area (Å²) in [6.45, 7) is 12.0. The molecule has 2 unspecified atom stereocenters. The van der Waals surface area contributed by atoms with Crippen molar-refractivity contribution in [3.05, 3.63) is 0 Å². The van der Waals surface area contributed by atoms with Crippen LogP contribution in [-0.2, 0) is 65.4 Å². The van der Waals surface area contributed by atoms with Crippen molar-refractivity contribution in [2.24, 2.45) is 17.8 Å². The van der Waals surface area contributed by atoms with Crippen LogP contribution in [-0.4, -0.2) is 96.7 Å². The minimum atomic E-state index is -4.96. The third-order valence-electron chi connectivity index (χ3n) is 19.6. The molecule has 19 heteroatoms. The summed E-state index contributed by atoms with van der Waals surface area (Å²) >= 11 is 0. The number of ether oxygens (including phenoxy) is 4. The van der Waals surface area contributed by atoms with Gasteiger partial charge in [0.15, 0.2) is 12.2 Å². The van der Waals surface area contributed by atoms with E-state index in [1.807, 2.05) is 0 Å². The van der Waals surface area contributed by atoms with Gasteiger partial charge in [-0.25, -0.2) is 9.13 Å². The van der Waals surface area contributed by atoms with Crippen molar-refractivity contribution in [3.63, 3.8) is 0 Å². The number of carbonyl (C=O) groups is 4. The Morgan fingerprint density at radius 3 is 0.660 bits per heavy atom. The average molecular weight is 1510 g/mol. The van der Waals surface area contributed by atoms with Crippen molar-refractivity contribution in [2.75, 3.05) is 39.6 Å². The summed E-state index contributed by atoms with van der Waals surface area (Å²) < 4.78 is 68.8. The molecule has 103 heavy (non-hydrogen) atoms. The molecule has 612 valence electrons. The summed E-state index contributed by atoms with van der Waals surface area (Å²) in [6, 6.07) is 0. The number of hydrogen-bond acceptors (Lipinski definition) is 15. The van der Waals surface area contributed by atoms with Crippen LogP contribution >= 0.6 is 15.6 Å². The fourth-order valence-corrected chi connectivity index (χ4v) is 14.6. The highest BCUT2D eigenvalue weighted by Crippen LogP contribution is 2.45. The van der Waals surface area contributed by atoms with Gasteiger partial charge in [-0.2, -0.15) is 0 Å². The van der Waals surface area contributed by atoms with E-state index in [0.717, 1.165) is 108 Å². The van der Waals surface area contributed by atoms with Crippen molar-refractivity contribution in [1.29, 1.82) is 0 Å². The quantitative estimate of drug-likeness (QED) is 0.0222. The van der Waals surface area contributed by atoms with Gasteiger partial charge in [0.1, 0.15) is 19.3 Å². The van der Waals surface area contributed by atoms with Gasteiger partial charge >= 0.3 is 39.5 Å². The number of phosphoric acid groups is 2. The summed E-state index contributed by atoms with van der Waals surface area (Å²) in [6.07, 6.45) is 63.8. The minimum Gasteiger partial charge on any atom is -0.462 e. The van der Waals surface area contributed by atoms with Gasteiger partial charge in [0.25, 0.3) is 0 Å². The Hall–Kier alpha value is -1.94. The Bertz CT molecular complexity index is 1990. The largest absolute Gasteiger partial charge is 0.472 e. The molecule has 0 amide bonds. The van der Waals surface area contributed by atoms with Crippen molar-refractivity contribution in [2.45, 2.75) is 458 Å². The van der Waals surface area contributed by atoms with Crippen LogP contribution in [0.25, 0.3) is 0 Å². The highest BCUT2D eigenvalue weighted by atomic mass is 31.2. The van der Waals surface area contributed by atoms with Gasteiger partial charge in [-0.15, -0.1) is 0 Å². The molecule has 0 aromatic heterocycles. The lowest BCUT2D eigenvalue weighted by Gasteiger charge is -2.21. The van der Waals surface area contributed by atoms with Crippen LogP contribution in [0.15, 0.2) is 0 Å². The van der Waals surface area contributed by atoms with E-state index in [0.29, 0.717) is 25.7 Å². The third kappa shape index (κ3) is 78.0. The maximum atomic E-state index is 13.1. The Balaban J connectivity index is 5.23. The molecule has 0 saturated heterocycles. The summed E-state index contributed by atoms with van der Waals surface area (Å²) in [5.74, 6) is 0.292. The van der Waals surface area contributed by atoms with E-state index in [4.69, 9.17) is 37.0 Å². The number of aliphatic hydroxyl groups excluding tert-OH is 1. The van der Waals surface area contributed by atoms with Crippen molar-refractivity contribution >= 4 is 39.5 Å². The zero-order valence-electron chi connectivity index (χ0n) is 67.8.